The highest BCUT2D eigenvalue weighted by atomic mass is 35.5. The molecule has 0 spiro atoms. The Morgan fingerprint density at radius 3 is 2.19 bits per heavy atom. The predicted molar refractivity (Wildman–Crippen MR) is 60.8 cm³/mol. The van der Waals surface area contributed by atoms with Crippen LogP contribution in [0, 0.1) is 0 Å². The van der Waals surface area contributed by atoms with Crippen molar-refractivity contribution < 1.29 is 16.8 Å². The molecule has 0 saturated heterocycles. The summed E-state index contributed by atoms with van der Waals surface area (Å²) in [4.78, 5) is -0.342. The van der Waals surface area contributed by atoms with Crippen LogP contribution in [0.1, 0.15) is 0 Å². The zero-order chi connectivity index (χ0) is 12.6. The fourth-order valence-corrected chi connectivity index (χ4v) is 3.00. The molecule has 0 aliphatic carbocycles. The molecule has 1 aromatic carbocycles. The highest BCUT2D eigenvalue weighted by Crippen LogP contribution is 2.24. The molecule has 16 heavy (non-hydrogen) atoms. The number of benzene rings is 1. The van der Waals surface area contributed by atoms with E-state index in [1.54, 1.807) is 0 Å². The third kappa shape index (κ3) is 2.73. The number of sulfone groups is 1. The summed E-state index contributed by atoms with van der Waals surface area (Å²) in [5, 5.41) is -0.0262. The number of hydrogen-bond acceptors (Lipinski definition) is 4. The summed E-state index contributed by atoms with van der Waals surface area (Å²) < 4.78 is 47.6. The van der Waals surface area contributed by atoms with Crippen molar-refractivity contribution in [1.82, 2.24) is 4.72 Å². The largest absolute Gasteiger partial charge is 0.241 e. The Morgan fingerprint density at radius 2 is 1.75 bits per heavy atom. The van der Waals surface area contributed by atoms with Crippen molar-refractivity contribution in [3.63, 3.8) is 0 Å². The third-order valence-corrected chi connectivity index (χ3v) is 4.90. The predicted octanol–water partition coefficient (Wildman–Crippen LogP) is 0.652. The van der Waals surface area contributed by atoms with Crippen LogP contribution < -0.4 is 4.72 Å². The van der Waals surface area contributed by atoms with E-state index in [2.05, 4.69) is 4.72 Å². The van der Waals surface area contributed by atoms with E-state index in [1.807, 2.05) is 0 Å². The molecular weight excluding hydrogens is 274 g/mol. The fraction of sp³-hybridized carbons (Fsp3) is 0.250. The molecule has 0 aromatic heterocycles. The molecule has 0 aliphatic rings. The first-order valence-corrected chi connectivity index (χ1v) is 7.87. The van der Waals surface area contributed by atoms with Crippen LogP contribution in [-0.2, 0) is 19.9 Å². The van der Waals surface area contributed by atoms with Crippen LogP contribution in [0.3, 0.4) is 0 Å². The van der Waals surface area contributed by atoms with Crippen LogP contribution in [0.4, 0.5) is 0 Å². The van der Waals surface area contributed by atoms with E-state index < -0.39 is 19.9 Å². The lowest BCUT2D eigenvalue weighted by molar-refractivity contribution is 0.588. The van der Waals surface area contributed by atoms with Gasteiger partial charge in [0.1, 0.15) is 4.90 Å². The number of halogens is 1. The van der Waals surface area contributed by atoms with Crippen LogP contribution in [0.2, 0.25) is 5.02 Å². The van der Waals surface area contributed by atoms with Crippen LogP contribution in [0.25, 0.3) is 0 Å². The van der Waals surface area contributed by atoms with Crippen molar-refractivity contribution in [3.8, 4) is 0 Å². The number of nitrogens with one attached hydrogen (secondary N) is 1. The monoisotopic (exact) mass is 283 g/mol. The van der Waals surface area contributed by atoms with Gasteiger partial charge in [-0.05, 0) is 25.2 Å². The van der Waals surface area contributed by atoms with Gasteiger partial charge in [0.15, 0.2) is 9.84 Å². The van der Waals surface area contributed by atoms with Crippen molar-refractivity contribution in [2.24, 2.45) is 0 Å². The number of rotatable bonds is 3. The maximum absolute atomic E-state index is 11.5. The van der Waals surface area contributed by atoms with Gasteiger partial charge in [0.05, 0.1) is 9.92 Å². The first kappa shape index (κ1) is 13.4. The molecule has 0 bridgehead atoms. The van der Waals surface area contributed by atoms with Gasteiger partial charge >= 0.3 is 0 Å². The minimum absolute atomic E-state index is 0.0262. The van der Waals surface area contributed by atoms with Gasteiger partial charge in [-0.15, -0.1) is 0 Å². The Balaban J connectivity index is 3.54. The van der Waals surface area contributed by atoms with Crippen molar-refractivity contribution in [3.05, 3.63) is 23.2 Å². The van der Waals surface area contributed by atoms with Gasteiger partial charge in [0.25, 0.3) is 0 Å². The van der Waals surface area contributed by atoms with E-state index >= 15 is 0 Å². The van der Waals surface area contributed by atoms with Gasteiger partial charge in [-0.3, -0.25) is 0 Å². The second-order valence-corrected chi connectivity index (χ2v) is 7.35. The van der Waals surface area contributed by atoms with Crippen LogP contribution in [-0.4, -0.2) is 30.1 Å². The van der Waals surface area contributed by atoms with Gasteiger partial charge in [-0.2, -0.15) is 0 Å². The Bertz CT molecular complexity index is 607. The molecule has 8 heteroatoms. The van der Waals surface area contributed by atoms with E-state index in [0.717, 1.165) is 12.3 Å². The molecule has 1 rings (SSSR count). The molecule has 0 unspecified atom stereocenters. The summed E-state index contributed by atoms with van der Waals surface area (Å²) in [6.07, 6.45) is 0.992. The molecule has 1 N–H and O–H groups in total. The van der Waals surface area contributed by atoms with Crippen molar-refractivity contribution in [1.29, 1.82) is 0 Å². The maximum atomic E-state index is 11.5. The van der Waals surface area contributed by atoms with Crippen molar-refractivity contribution in [2.45, 2.75) is 9.79 Å². The second kappa shape index (κ2) is 4.33. The average Bonchev–Trinajstić information content (AvgIpc) is 2.16. The molecule has 0 saturated carbocycles. The molecule has 1 aromatic rings. The molecule has 0 aliphatic heterocycles. The maximum Gasteiger partial charge on any atom is 0.241 e. The van der Waals surface area contributed by atoms with E-state index in [4.69, 9.17) is 11.6 Å². The number of sulfonamides is 1. The zero-order valence-corrected chi connectivity index (χ0v) is 10.9. The summed E-state index contributed by atoms with van der Waals surface area (Å²) in [7, 11) is -6.00. The van der Waals surface area contributed by atoms with Gasteiger partial charge in [0, 0.05) is 6.26 Å². The quantitative estimate of drug-likeness (QED) is 0.883. The van der Waals surface area contributed by atoms with Gasteiger partial charge < -0.3 is 0 Å². The SMILES string of the molecule is CNS(=O)(=O)c1cc(S(C)(=O)=O)ccc1Cl. The molecule has 0 atom stereocenters. The summed E-state index contributed by atoms with van der Waals surface area (Å²) in [5.74, 6) is 0. The first-order chi connectivity index (χ1) is 7.18. The van der Waals surface area contributed by atoms with E-state index in [0.29, 0.717) is 0 Å². The molecule has 90 valence electrons. The highest BCUT2D eigenvalue weighted by Gasteiger charge is 2.19. The van der Waals surface area contributed by atoms with E-state index in [1.165, 1.54) is 19.2 Å². The molecular formula is C8H10ClNO4S2. The van der Waals surface area contributed by atoms with E-state index in [9.17, 15) is 16.8 Å². The Kier molecular flexibility index (Phi) is 3.63. The minimum atomic E-state index is -3.76. The lowest BCUT2D eigenvalue weighted by Crippen LogP contribution is -2.19. The van der Waals surface area contributed by atoms with Gasteiger partial charge in [-0.25, -0.2) is 21.6 Å². The molecule has 5 nitrogen and oxygen atoms in total. The lowest BCUT2D eigenvalue weighted by atomic mass is 10.4. The second-order valence-electron chi connectivity index (χ2n) is 3.07. The smallest absolute Gasteiger partial charge is 0.224 e. The standard InChI is InChI=1S/C8H10ClNO4S2/c1-10-16(13,14)8-5-6(15(2,11)12)3-4-7(8)9/h3-5,10H,1-2H3. The normalized spacial score (nSPS) is 12.7. The lowest BCUT2D eigenvalue weighted by Gasteiger charge is -2.06. The molecule has 0 heterocycles. The van der Waals surface area contributed by atoms with Crippen molar-refractivity contribution >= 4 is 31.5 Å². The first-order valence-electron chi connectivity index (χ1n) is 4.11. The Hall–Kier alpha value is -0.630. The summed E-state index contributed by atoms with van der Waals surface area (Å²) in [6.45, 7) is 0. The van der Waals surface area contributed by atoms with Crippen LogP contribution >= 0.6 is 11.6 Å². The molecule has 0 amide bonds. The molecule has 0 fully saturated rings. The van der Waals surface area contributed by atoms with Crippen molar-refractivity contribution in [2.75, 3.05) is 13.3 Å². The summed E-state index contributed by atoms with van der Waals surface area (Å²) in [6, 6.07) is 3.53. The average molecular weight is 284 g/mol. The highest BCUT2D eigenvalue weighted by molar-refractivity contribution is 7.91. The minimum Gasteiger partial charge on any atom is -0.224 e. The Labute approximate surface area is 99.4 Å². The fourth-order valence-electron chi connectivity index (χ4n) is 1.03. The summed E-state index contributed by atoms with van der Waals surface area (Å²) >= 11 is 5.70. The van der Waals surface area contributed by atoms with E-state index in [-0.39, 0.29) is 14.8 Å². The topological polar surface area (TPSA) is 80.3 Å². The third-order valence-electron chi connectivity index (χ3n) is 1.89. The summed E-state index contributed by atoms with van der Waals surface area (Å²) in [5.41, 5.74) is 0. The van der Waals surface area contributed by atoms with Crippen LogP contribution in [0.5, 0.6) is 0 Å². The Morgan fingerprint density at radius 1 is 1.19 bits per heavy atom. The molecule has 0 radical (unpaired) electrons. The van der Waals surface area contributed by atoms with Gasteiger partial charge in [0.2, 0.25) is 10.0 Å². The zero-order valence-electron chi connectivity index (χ0n) is 8.56. The van der Waals surface area contributed by atoms with Crippen LogP contribution in [0.15, 0.2) is 28.0 Å². The number of hydrogen-bond donors (Lipinski definition) is 1. The van der Waals surface area contributed by atoms with Gasteiger partial charge in [-0.1, -0.05) is 11.6 Å².